The van der Waals surface area contributed by atoms with Gasteiger partial charge in [-0.15, -0.1) is 0 Å². The van der Waals surface area contributed by atoms with Crippen molar-refractivity contribution in [2.75, 3.05) is 7.11 Å². The van der Waals surface area contributed by atoms with Gasteiger partial charge in [-0.05, 0) is 30.5 Å². The molecule has 0 saturated carbocycles. The van der Waals surface area contributed by atoms with Gasteiger partial charge in [-0.3, -0.25) is 9.59 Å². The number of hydrogen-bond acceptors (Lipinski definition) is 7. The smallest absolute Gasteiger partial charge is 0.328 e. The topological polar surface area (TPSA) is 162 Å². The maximum atomic E-state index is 12.2. The lowest BCUT2D eigenvalue weighted by atomic mass is 9.99. The Labute approximate surface area is 161 Å². The number of phenols is 2. The lowest BCUT2D eigenvalue weighted by Crippen LogP contribution is -2.44. The number of amides is 2. The predicted molar refractivity (Wildman–Crippen MR) is 96.6 cm³/mol. The Morgan fingerprint density at radius 1 is 1.11 bits per heavy atom. The number of carboxylic acid groups (broad SMARTS) is 1. The summed E-state index contributed by atoms with van der Waals surface area (Å²) in [6.45, 7) is 2.71. The van der Waals surface area contributed by atoms with Crippen LogP contribution in [-0.4, -0.2) is 58.3 Å². The summed E-state index contributed by atoms with van der Waals surface area (Å²) >= 11 is 0. The van der Waals surface area contributed by atoms with Gasteiger partial charge < -0.3 is 30.7 Å². The molecule has 1 aromatic carbocycles. The number of nitrogens with one attached hydrogen (secondary N) is 2. The first-order valence-corrected chi connectivity index (χ1v) is 8.44. The zero-order chi connectivity index (χ0) is 21.4. The minimum absolute atomic E-state index is 0.00780. The van der Waals surface area contributed by atoms with Crippen LogP contribution in [0.4, 0.5) is 0 Å². The van der Waals surface area contributed by atoms with Gasteiger partial charge in [0.15, 0.2) is 11.5 Å². The van der Waals surface area contributed by atoms with Crippen LogP contribution in [0.15, 0.2) is 12.1 Å². The number of methoxy groups -OCH3 is 1. The van der Waals surface area contributed by atoms with E-state index in [9.17, 15) is 29.4 Å². The molecule has 1 aromatic rings. The number of ether oxygens (including phenoxy) is 1. The molecule has 0 spiro atoms. The molecule has 28 heavy (non-hydrogen) atoms. The van der Waals surface area contributed by atoms with Crippen LogP contribution in [0.3, 0.4) is 0 Å². The number of hydrogen-bond donors (Lipinski definition) is 5. The van der Waals surface area contributed by atoms with Crippen molar-refractivity contribution in [2.45, 2.75) is 45.2 Å². The van der Waals surface area contributed by atoms with Gasteiger partial charge in [0.05, 0.1) is 7.11 Å². The summed E-state index contributed by atoms with van der Waals surface area (Å²) in [7, 11) is 1.15. The Kier molecular flexibility index (Phi) is 8.24. The highest BCUT2D eigenvalue weighted by Crippen LogP contribution is 2.31. The van der Waals surface area contributed by atoms with Gasteiger partial charge in [0.1, 0.15) is 12.1 Å². The van der Waals surface area contributed by atoms with E-state index < -0.39 is 35.8 Å². The molecule has 0 radical (unpaired) electrons. The SMILES string of the molecule is COC(=O)[C@H](Cc1ccc(O)c(O)c1C)NC(=O)CCC(NC(C)=O)C(=O)O. The zero-order valence-corrected chi connectivity index (χ0v) is 15.8. The molecular formula is C18H24N2O8. The predicted octanol–water partition coefficient (Wildman–Crippen LogP) is -0.0240. The largest absolute Gasteiger partial charge is 0.504 e. The molecule has 0 heterocycles. The Morgan fingerprint density at radius 2 is 1.75 bits per heavy atom. The first-order chi connectivity index (χ1) is 13.1. The number of aliphatic carboxylic acids is 1. The van der Waals surface area contributed by atoms with Crippen LogP contribution in [0, 0.1) is 6.92 Å². The van der Waals surface area contributed by atoms with Crippen LogP contribution in [0.1, 0.15) is 30.9 Å². The molecule has 10 heteroatoms. The van der Waals surface area contributed by atoms with Crippen LogP contribution >= 0.6 is 0 Å². The summed E-state index contributed by atoms with van der Waals surface area (Å²) in [5, 5.41) is 33.0. The third-order valence-corrected chi connectivity index (χ3v) is 4.10. The minimum atomic E-state index is -1.28. The molecule has 0 fully saturated rings. The van der Waals surface area contributed by atoms with Crippen molar-refractivity contribution in [2.24, 2.45) is 0 Å². The monoisotopic (exact) mass is 396 g/mol. The van der Waals surface area contributed by atoms with Gasteiger partial charge in [0.2, 0.25) is 11.8 Å². The second-order valence-electron chi connectivity index (χ2n) is 6.19. The fourth-order valence-electron chi connectivity index (χ4n) is 2.55. The van der Waals surface area contributed by atoms with E-state index >= 15 is 0 Å². The number of aromatic hydroxyl groups is 2. The van der Waals surface area contributed by atoms with Crippen molar-refractivity contribution in [1.82, 2.24) is 10.6 Å². The van der Waals surface area contributed by atoms with Crippen LogP contribution in [0.5, 0.6) is 11.5 Å². The number of carbonyl (C=O) groups excluding carboxylic acids is 3. The number of phenolic OH excluding ortho intramolecular Hbond substituents is 2. The highest BCUT2D eigenvalue weighted by Gasteiger charge is 2.25. The summed E-state index contributed by atoms with van der Waals surface area (Å²) in [5.41, 5.74) is 0.854. The fraction of sp³-hybridized carbons (Fsp3) is 0.444. The molecule has 0 aliphatic heterocycles. The average Bonchev–Trinajstić information content (AvgIpc) is 2.63. The van der Waals surface area contributed by atoms with E-state index in [4.69, 9.17) is 5.11 Å². The van der Waals surface area contributed by atoms with Crippen molar-refractivity contribution in [1.29, 1.82) is 0 Å². The van der Waals surface area contributed by atoms with Crippen molar-refractivity contribution in [3.05, 3.63) is 23.3 Å². The maximum absolute atomic E-state index is 12.2. The van der Waals surface area contributed by atoms with E-state index in [1.165, 1.54) is 19.1 Å². The maximum Gasteiger partial charge on any atom is 0.328 e. The Morgan fingerprint density at radius 3 is 2.29 bits per heavy atom. The van der Waals surface area contributed by atoms with E-state index in [1.54, 1.807) is 6.92 Å². The summed E-state index contributed by atoms with van der Waals surface area (Å²) in [6.07, 6.45) is -0.412. The molecule has 2 atom stereocenters. The molecule has 0 saturated heterocycles. The number of carboxylic acids is 1. The fourth-order valence-corrected chi connectivity index (χ4v) is 2.55. The van der Waals surface area contributed by atoms with E-state index in [1.807, 2.05) is 0 Å². The third kappa shape index (κ3) is 6.45. The molecule has 0 aromatic heterocycles. The molecule has 0 aliphatic rings. The molecule has 0 bridgehead atoms. The number of carbonyl (C=O) groups is 4. The molecule has 2 amide bonds. The zero-order valence-electron chi connectivity index (χ0n) is 15.8. The summed E-state index contributed by atoms with van der Waals surface area (Å²) < 4.78 is 4.68. The summed E-state index contributed by atoms with van der Waals surface area (Å²) in [6, 6.07) is 0.461. The van der Waals surface area contributed by atoms with E-state index in [0.717, 1.165) is 7.11 Å². The van der Waals surface area contributed by atoms with E-state index in [2.05, 4.69) is 15.4 Å². The van der Waals surface area contributed by atoms with E-state index in [0.29, 0.717) is 11.1 Å². The molecular weight excluding hydrogens is 372 g/mol. The van der Waals surface area contributed by atoms with Crippen LogP contribution in [0.2, 0.25) is 0 Å². The van der Waals surface area contributed by atoms with Crippen molar-refractivity contribution in [3.8, 4) is 11.5 Å². The Bertz CT molecular complexity index is 762. The standard InChI is InChI=1S/C18H24N2O8/c1-9-11(4-6-14(22)16(9)24)8-13(18(27)28-3)20-15(23)7-5-12(17(25)26)19-10(2)21/h4,6,12-13,22,24H,5,7-8H2,1-3H3,(H,19,21)(H,20,23)(H,25,26)/t12?,13-/m0/s1. The molecule has 1 rings (SSSR count). The van der Waals surface area contributed by atoms with E-state index in [-0.39, 0.29) is 30.8 Å². The molecule has 10 nitrogen and oxygen atoms in total. The summed E-state index contributed by atoms with van der Waals surface area (Å²) in [4.78, 5) is 46.3. The highest BCUT2D eigenvalue weighted by molar-refractivity contribution is 5.86. The van der Waals surface area contributed by atoms with Crippen molar-refractivity contribution < 1.29 is 39.2 Å². The molecule has 1 unspecified atom stereocenters. The molecule has 154 valence electrons. The van der Waals surface area contributed by atoms with Gasteiger partial charge in [-0.25, -0.2) is 9.59 Å². The lowest BCUT2D eigenvalue weighted by molar-refractivity contribution is -0.145. The lowest BCUT2D eigenvalue weighted by Gasteiger charge is -2.19. The minimum Gasteiger partial charge on any atom is -0.504 e. The third-order valence-electron chi connectivity index (χ3n) is 4.10. The van der Waals surface area contributed by atoms with Gasteiger partial charge in [0, 0.05) is 19.8 Å². The number of esters is 1. The molecule has 0 aliphatic carbocycles. The average molecular weight is 396 g/mol. The van der Waals surface area contributed by atoms with Gasteiger partial charge in [-0.1, -0.05) is 6.07 Å². The van der Waals surface area contributed by atoms with Gasteiger partial charge in [-0.2, -0.15) is 0 Å². The number of benzene rings is 1. The van der Waals surface area contributed by atoms with Crippen molar-refractivity contribution in [3.63, 3.8) is 0 Å². The normalized spacial score (nSPS) is 12.5. The Hall–Kier alpha value is -3.30. The number of rotatable bonds is 9. The van der Waals surface area contributed by atoms with Gasteiger partial charge in [0.25, 0.3) is 0 Å². The first-order valence-electron chi connectivity index (χ1n) is 8.44. The van der Waals surface area contributed by atoms with Crippen LogP contribution in [-0.2, 0) is 30.3 Å². The first kappa shape index (κ1) is 22.7. The second kappa shape index (κ2) is 10.1. The summed E-state index contributed by atoms with van der Waals surface area (Å²) in [5.74, 6) is -3.78. The highest BCUT2D eigenvalue weighted by atomic mass is 16.5. The van der Waals surface area contributed by atoms with Gasteiger partial charge >= 0.3 is 11.9 Å². The quantitative estimate of drug-likeness (QED) is 0.287. The van der Waals surface area contributed by atoms with Crippen LogP contribution in [0.25, 0.3) is 0 Å². The van der Waals surface area contributed by atoms with Crippen LogP contribution < -0.4 is 10.6 Å². The Balaban J connectivity index is 2.82. The molecule has 5 N–H and O–H groups in total. The second-order valence-corrected chi connectivity index (χ2v) is 6.19. The van der Waals surface area contributed by atoms with Crippen molar-refractivity contribution >= 4 is 23.8 Å².